The number of fused-ring (bicyclic) bond motifs is 1. The molecule has 2 fully saturated rings. The highest BCUT2D eigenvalue weighted by molar-refractivity contribution is 6.42. The molecule has 0 saturated carbocycles. The third-order valence-electron chi connectivity index (χ3n) is 7.45. The van der Waals surface area contributed by atoms with Crippen LogP contribution in [0.4, 0.5) is 0 Å². The first-order valence-corrected chi connectivity index (χ1v) is 13.0. The van der Waals surface area contributed by atoms with Crippen molar-refractivity contribution in [1.29, 1.82) is 0 Å². The summed E-state index contributed by atoms with van der Waals surface area (Å²) in [5.74, 6) is 0.415. The minimum atomic E-state index is -0.0307. The van der Waals surface area contributed by atoms with Crippen LogP contribution in [0.5, 0.6) is 0 Å². The lowest BCUT2D eigenvalue weighted by molar-refractivity contribution is -0.0326. The molecule has 2 saturated heterocycles. The number of hydrogen-bond acceptors (Lipinski definition) is 5. The van der Waals surface area contributed by atoms with Gasteiger partial charge in [0.2, 0.25) is 0 Å². The Morgan fingerprint density at radius 3 is 2.54 bits per heavy atom. The number of aromatic nitrogens is 2. The monoisotopic (exact) mass is 512 g/mol. The van der Waals surface area contributed by atoms with E-state index in [0.29, 0.717) is 27.7 Å². The normalized spacial score (nSPS) is 22.0. The Labute approximate surface area is 216 Å². The van der Waals surface area contributed by atoms with Crippen LogP contribution in [-0.2, 0) is 11.2 Å². The van der Waals surface area contributed by atoms with E-state index >= 15 is 0 Å². The Balaban J connectivity index is 1.16. The minimum Gasteiger partial charge on any atom is -0.380 e. The van der Waals surface area contributed by atoms with Crippen molar-refractivity contribution in [3.63, 3.8) is 0 Å². The predicted octanol–water partition coefficient (Wildman–Crippen LogP) is 5.12. The molecule has 0 radical (unpaired) electrons. The summed E-state index contributed by atoms with van der Waals surface area (Å²) in [6.07, 6.45) is 5.69. The molecule has 0 N–H and O–H groups in total. The van der Waals surface area contributed by atoms with Gasteiger partial charge in [0.1, 0.15) is 5.69 Å². The first-order valence-electron chi connectivity index (χ1n) is 12.2. The smallest absolute Gasteiger partial charge is 0.274 e. The van der Waals surface area contributed by atoms with E-state index in [9.17, 15) is 4.79 Å². The lowest BCUT2D eigenvalue weighted by Crippen LogP contribution is -2.53. The average molecular weight is 513 g/mol. The van der Waals surface area contributed by atoms with Gasteiger partial charge in [-0.15, -0.1) is 0 Å². The zero-order valence-electron chi connectivity index (χ0n) is 19.9. The standard InChI is InChI=1S/C27H30Cl2N4O2/c1-35-26-17-33(11-8-19(26)14-18-6-7-21(28)22(29)15-18)20-9-12-32(13-10-20)27(34)25-16-30-23-4-2-3-5-24(23)31-25/h2-7,15-16,19-20,26H,8-14,17H2,1H3/t19?,26-/m1/s1. The topological polar surface area (TPSA) is 58.6 Å². The number of ether oxygens (including phenoxy) is 1. The molecule has 2 aliphatic heterocycles. The van der Waals surface area contributed by atoms with Crippen LogP contribution in [0.1, 0.15) is 35.3 Å². The Bertz CT molecular complexity index is 1200. The fourth-order valence-corrected chi connectivity index (χ4v) is 5.77. The molecule has 1 amide bonds. The Morgan fingerprint density at radius 1 is 1.03 bits per heavy atom. The number of nitrogens with zero attached hydrogens (tertiary/aromatic N) is 4. The van der Waals surface area contributed by atoms with Crippen molar-refractivity contribution in [3.05, 3.63) is 70.0 Å². The zero-order valence-corrected chi connectivity index (χ0v) is 21.4. The van der Waals surface area contributed by atoms with Gasteiger partial charge in [0.15, 0.2) is 0 Å². The van der Waals surface area contributed by atoms with E-state index in [-0.39, 0.29) is 12.0 Å². The Hall–Kier alpha value is -2.25. The zero-order chi connectivity index (χ0) is 24.4. The van der Waals surface area contributed by atoms with Crippen molar-refractivity contribution in [2.75, 3.05) is 33.3 Å². The molecule has 2 aromatic carbocycles. The van der Waals surface area contributed by atoms with Crippen LogP contribution in [0.15, 0.2) is 48.7 Å². The van der Waals surface area contributed by atoms with Crippen molar-refractivity contribution >= 4 is 40.1 Å². The van der Waals surface area contributed by atoms with Gasteiger partial charge in [0.25, 0.3) is 5.91 Å². The number of benzene rings is 2. The number of halogens is 2. The molecule has 5 rings (SSSR count). The number of amides is 1. The maximum Gasteiger partial charge on any atom is 0.274 e. The van der Waals surface area contributed by atoms with Crippen LogP contribution in [0.3, 0.4) is 0 Å². The number of para-hydroxylation sites is 2. The summed E-state index contributed by atoms with van der Waals surface area (Å²) < 4.78 is 5.92. The summed E-state index contributed by atoms with van der Waals surface area (Å²) in [6.45, 7) is 3.43. The molecular weight excluding hydrogens is 483 g/mol. The van der Waals surface area contributed by atoms with Gasteiger partial charge >= 0.3 is 0 Å². The average Bonchev–Trinajstić information content (AvgIpc) is 2.90. The molecule has 0 bridgehead atoms. The highest BCUT2D eigenvalue weighted by atomic mass is 35.5. The largest absolute Gasteiger partial charge is 0.380 e. The summed E-state index contributed by atoms with van der Waals surface area (Å²) in [5, 5.41) is 1.19. The molecule has 3 heterocycles. The summed E-state index contributed by atoms with van der Waals surface area (Å²) >= 11 is 12.3. The fraction of sp³-hybridized carbons (Fsp3) is 0.444. The van der Waals surface area contributed by atoms with E-state index in [4.69, 9.17) is 27.9 Å². The van der Waals surface area contributed by atoms with Gasteiger partial charge in [0, 0.05) is 32.8 Å². The van der Waals surface area contributed by atoms with Crippen LogP contribution < -0.4 is 0 Å². The molecule has 1 unspecified atom stereocenters. The number of methoxy groups -OCH3 is 1. The van der Waals surface area contributed by atoms with E-state index in [0.717, 1.165) is 62.9 Å². The molecule has 1 aromatic heterocycles. The van der Waals surface area contributed by atoms with Crippen molar-refractivity contribution in [2.45, 2.75) is 37.8 Å². The third-order valence-corrected chi connectivity index (χ3v) is 8.19. The van der Waals surface area contributed by atoms with E-state index in [1.807, 2.05) is 48.4 Å². The molecule has 3 aromatic rings. The molecule has 2 aliphatic rings. The third kappa shape index (κ3) is 5.46. The van der Waals surface area contributed by atoms with Gasteiger partial charge in [-0.1, -0.05) is 41.4 Å². The first-order chi connectivity index (χ1) is 17.0. The van der Waals surface area contributed by atoms with Crippen molar-refractivity contribution in [3.8, 4) is 0 Å². The first kappa shape index (κ1) is 24.4. The van der Waals surface area contributed by atoms with Crippen LogP contribution >= 0.6 is 23.2 Å². The van der Waals surface area contributed by atoms with Crippen molar-refractivity contribution in [1.82, 2.24) is 19.8 Å². The number of likely N-dealkylation sites (tertiary alicyclic amines) is 2. The number of carbonyl (C=O) groups excluding carboxylic acids is 1. The second-order valence-electron chi connectivity index (χ2n) is 9.54. The van der Waals surface area contributed by atoms with E-state index in [2.05, 4.69) is 20.9 Å². The highest BCUT2D eigenvalue weighted by Crippen LogP contribution is 2.30. The van der Waals surface area contributed by atoms with Gasteiger partial charge in [-0.2, -0.15) is 0 Å². The second-order valence-corrected chi connectivity index (χ2v) is 10.4. The van der Waals surface area contributed by atoms with E-state index in [1.54, 1.807) is 6.20 Å². The quantitative estimate of drug-likeness (QED) is 0.474. The molecule has 6 nitrogen and oxygen atoms in total. The molecule has 2 atom stereocenters. The summed E-state index contributed by atoms with van der Waals surface area (Å²) in [7, 11) is 1.81. The van der Waals surface area contributed by atoms with Gasteiger partial charge in [-0.3, -0.25) is 14.7 Å². The number of rotatable bonds is 5. The van der Waals surface area contributed by atoms with Crippen LogP contribution in [0.25, 0.3) is 11.0 Å². The summed E-state index contributed by atoms with van der Waals surface area (Å²) in [4.78, 5) is 26.5. The Kier molecular flexibility index (Phi) is 7.54. The fourth-order valence-electron chi connectivity index (χ4n) is 5.45. The summed E-state index contributed by atoms with van der Waals surface area (Å²) in [6, 6.07) is 14.0. The molecule has 0 spiro atoms. The van der Waals surface area contributed by atoms with Crippen molar-refractivity contribution < 1.29 is 9.53 Å². The lowest BCUT2D eigenvalue weighted by atomic mass is 9.86. The van der Waals surface area contributed by atoms with E-state index in [1.165, 1.54) is 5.56 Å². The molecule has 184 valence electrons. The number of piperidine rings is 2. The maximum absolute atomic E-state index is 13.1. The molecule has 0 aliphatic carbocycles. The predicted molar refractivity (Wildman–Crippen MR) is 139 cm³/mol. The van der Waals surface area contributed by atoms with E-state index < -0.39 is 0 Å². The van der Waals surface area contributed by atoms with Gasteiger partial charge in [0.05, 0.1) is 33.4 Å². The second kappa shape index (κ2) is 10.8. The number of carbonyl (C=O) groups is 1. The van der Waals surface area contributed by atoms with Gasteiger partial charge in [-0.05, 0) is 68.0 Å². The van der Waals surface area contributed by atoms with Crippen molar-refractivity contribution in [2.24, 2.45) is 5.92 Å². The summed E-state index contributed by atoms with van der Waals surface area (Å²) in [5.41, 5.74) is 3.17. The molecule has 35 heavy (non-hydrogen) atoms. The Morgan fingerprint density at radius 2 is 1.80 bits per heavy atom. The maximum atomic E-state index is 13.1. The van der Waals surface area contributed by atoms with Crippen LogP contribution in [0.2, 0.25) is 10.0 Å². The SMILES string of the molecule is CO[C@@H]1CN(C2CCN(C(=O)c3cnc4ccccc4n3)CC2)CCC1Cc1ccc(Cl)c(Cl)c1. The van der Waals surface area contributed by atoms with Gasteiger partial charge < -0.3 is 9.64 Å². The van der Waals surface area contributed by atoms with Crippen LogP contribution in [0, 0.1) is 5.92 Å². The number of hydrogen-bond donors (Lipinski definition) is 0. The van der Waals surface area contributed by atoms with Gasteiger partial charge in [-0.25, -0.2) is 4.98 Å². The lowest BCUT2D eigenvalue weighted by Gasteiger charge is -2.44. The highest BCUT2D eigenvalue weighted by Gasteiger charge is 2.35. The minimum absolute atomic E-state index is 0.0307. The molecular formula is C27H30Cl2N4O2. The van der Waals surface area contributed by atoms with Crippen LogP contribution in [-0.4, -0.2) is 71.1 Å². The molecule has 8 heteroatoms.